The van der Waals surface area contributed by atoms with Crippen LogP contribution in [0.1, 0.15) is 17.2 Å². The Balaban J connectivity index is 1.93. The summed E-state index contributed by atoms with van der Waals surface area (Å²) in [5, 5.41) is 14.0. The summed E-state index contributed by atoms with van der Waals surface area (Å²) >= 11 is 13.1. The van der Waals surface area contributed by atoms with Gasteiger partial charge in [0.2, 0.25) is 0 Å². The maximum absolute atomic E-state index is 12.9. The third kappa shape index (κ3) is 3.20. The summed E-state index contributed by atoms with van der Waals surface area (Å²) in [5.41, 5.74) is 1.01. The fourth-order valence-electron chi connectivity index (χ4n) is 3.09. The number of aliphatic hydroxyl groups excluding tert-OH is 1. The Morgan fingerprint density at radius 1 is 1.00 bits per heavy atom. The van der Waals surface area contributed by atoms with Gasteiger partial charge in [-0.1, -0.05) is 35.3 Å². The number of hydrogen-bond acceptors (Lipinski definition) is 5. The Hall–Kier alpha value is -2.67. The minimum atomic E-state index is -0.820. The first-order chi connectivity index (χ1) is 13.5. The highest BCUT2D eigenvalue weighted by atomic mass is 35.5. The maximum atomic E-state index is 12.9. The number of carbonyl (C=O) groups is 2. The Morgan fingerprint density at radius 2 is 1.61 bits per heavy atom. The van der Waals surface area contributed by atoms with E-state index in [0.29, 0.717) is 26.3 Å². The molecule has 28 heavy (non-hydrogen) atoms. The van der Waals surface area contributed by atoms with E-state index >= 15 is 0 Å². The minimum Gasteiger partial charge on any atom is -0.507 e. The number of Topliss-reactive ketones (excluding diaryl/α,β-unsaturated/α-hetero) is 1. The molecule has 4 rings (SSSR count). The number of benzene rings is 2. The van der Waals surface area contributed by atoms with Gasteiger partial charge in [-0.05, 0) is 42.0 Å². The average molecular weight is 431 g/mol. The SMILES string of the molecule is O=C1C(=O)N(c2nccs2)[C@@H](c2ccc(Cl)cc2)/C1=C(\O)c1ccc(Cl)cc1. The second kappa shape index (κ2) is 7.39. The van der Waals surface area contributed by atoms with Crippen LogP contribution in [0, 0.1) is 0 Å². The van der Waals surface area contributed by atoms with Gasteiger partial charge in [0, 0.05) is 27.2 Å². The van der Waals surface area contributed by atoms with Gasteiger partial charge in [-0.3, -0.25) is 14.5 Å². The number of thiazole rings is 1. The van der Waals surface area contributed by atoms with Crippen LogP contribution >= 0.6 is 34.5 Å². The molecule has 1 saturated heterocycles. The lowest BCUT2D eigenvalue weighted by Crippen LogP contribution is -2.29. The van der Waals surface area contributed by atoms with Gasteiger partial charge in [-0.2, -0.15) is 0 Å². The molecule has 1 aliphatic heterocycles. The quantitative estimate of drug-likeness (QED) is 0.357. The normalized spacial score (nSPS) is 18.6. The van der Waals surface area contributed by atoms with E-state index in [2.05, 4.69) is 4.98 Å². The summed E-state index contributed by atoms with van der Waals surface area (Å²) in [7, 11) is 0. The van der Waals surface area contributed by atoms with Crippen LogP contribution in [0.15, 0.2) is 65.7 Å². The van der Waals surface area contributed by atoms with Crippen LogP contribution in [0.25, 0.3) is 5.76 Å². The van der Waals surface area contributed by atoms with Gasteiger partial charge in [-0.15, -0.1) is 11.3 Å². The lowest BCUT2D eigenvalue weighted by molar-refractivity contribution is -0.132. The predicted octanol–water partition coefficient (Wildman–Crippen LogP) is 5.08. The number of hydrogen-bond donors (Lipinski definition) is 1. The first-order valence-electron chi connectivity index (χ1n) is 8.19. The molecule has 140 valence electrons. The number of amides is 1. The average Bonchev–Trinajstić information content (AvgIpc) is 3.30. The van der Waals surface area contributed by atoms with Crippen molar-refractivity contribution in [2.75, 3.05) is 4.90 Å². The third-order valence-corrected chi connectivity index (χ3v) is 5.65. The van der Waals surface area contributed by atoms with Crippen LogP contribution in [0.3, 0.4) is 0 Å². The van der Waals surface area contributed by atoms with E-state index in [-0.39, 0.29) is 11.3 Å². The van der Waals surface area contributed by atoms with E-state index in [9.17, 15) is 14.7 Å². The number of halogens is 2. The summed E-state index contributed by atoms with van der Waals surface area (Å²) in [6.07, 6.45) is 1.55. The zero-order valence-corrected chi connectivity index (χ0v) is 16.5. The summed E-state index contributed by atoms with van der Waals surface area (Å²) in [4.78, 5) is 31.1. The van der Waals surface area contributed by atoms with E-state index in [0.717, 1.165) is 0 Å². The Bertz CT molecular complexity index is 1080. The number of aliphatic hydroxyl groups is 1. The van der Waals surface area contributed by atoms with Gasteiger partial charge in [0.15, 0.2) is 5.13 Å². The van der Waals surface area contributed by atoms with Crippen LogP contribution in [-0.4, -0.2) is 21.8 Å². The molecule has 0 aliphatic carbocycles. The van der Waals surface area contributed by atoms with Gasteiger partial charge < -0.3 is 5.11 Å². The van der Waals surface area contributed by atoms with Gasteiger partial charge in [0.1, 0.15) is 5.76 Å². The van der Waals surface area contributed by atoms with Crippen molar-refractivity contribution in [2.24, 2.45) is 0 Å². The number of nitrogens with zero attached hydrogens (tertiary/aromatic N) is 2. The molecule has 1 amide bonds. The molecule has 3 aromatic rings. The second-order valence-electron chi connectivity index (χ2n) is 6.04. The number of rotatable bonds is 3. The van der Waals surface area contributed by atoms with Crippen LogP contribution in [0.4, 0.5) is 5.13 Å². The second-order valence-corrected chi connectivity index (χ2v) is 7.79. The summed E-state index contributed by atoms with van der Waals surface area (Å²) in [6, 6.07) is 12.3. The zero-order valence-electron chi connectivity index (χ0n) is 14.2. The molecule has 1 fully saturated rings. The van der Waals surface area contributed by atoms with Gasteiger partial charge in [0.05, 0.1) is 11.6 Å². The predicted molar refractivity (Wildman–Crippen MR) is 110 cm³/mol. The molecule has 1 aromatic heterocycles. The van der Waals surface area contributed by atoms with Crippen LogP contribution in [0.2, 0.25) is 10.0 Å². The molecule has 0 unspecified atom stereocenters. The van der Waals surface area contributed by atoms with Gasteiger partial charge in [0.25, 0.3) is 5.78 Å². The van der Waals surface area contributed by atoms with Crippen molar-refractivity contribution < 1.29 is 14.7 Å². The maximum Gasteiger partial charge on any atom is 0.301 e. The fourth-order valence-corrected chi connectivity index (χ4v) is 4.01. The molecule has 1 N–H and O–H groups in total. The highest BCUT2D eigenvalue weighted by molar-refractivity contribution is 7.14. The van der Waals surface area contributed by atoms with E-state index in [1.54, 1.807) is 60.1 Å². The molecule has 2 heterocycles. The van der Waals surface area contributed by atoms with Crippen molar-refractivity contribution in [3.05, 3.63) is 86.9 Å². The van der Waals surface area contributed by atoms with E-state index in [4.69, 9.17) is 23.2 Å². The minimum absolute atomic E-state index is 0.00940. The molecule has 2 aromatic carbocycles. The Morgan fingerprint density at radius 3 is 2.18 bits per heavy atom. The summed E-state index contributed by atoms with van der Waals surface area (Å²) in [5.74, 6) is -1.79. The van der Waals surface area contributed by atoms with Crippen molar-refractivity contribution in [1.29, 1.82) is 0 Å². The van der Waals surface area contributed by atoms with E-state index < -0.39 is 17.7 Å². The molecule has 0 spiro atoms. The number of anilines is 1. The lowest BCUT2D eigenvalue weighted by Gasteiger charge is -2.23. The van der Waals surface area contributed by atoms with Crippen molar-refractivity contribution in [2.45, 2.75) is 6.04 Å². The van der Waals surface area contributed by atoms with E-state index in [1.165, 1.54) is 16.2 Å². The van der Waals surface area contributed by atoms with Crippen molar-refractivity contribution in [3.63, 3.8) is 0 Å². The molecular weight excluding hydrogens is 419 g/mol. The van der Waals surface area contributed by atoms with Gasteiger partial charge >= 0.3 is 5.91 Å². The molecule has 0 bridgehead atoms. The Labute approximate surface area is 174 Å². The topological polar surface area (TPSA) is 70.5 Å². The molecule has 0 radical (unpaired) electrons. The molecule has 1 aliphatic rings. The smallest absolute Gasteiger partial charge is 0.301 e. The molecule has 0 saturated carbocycles. The number of ketones is 1. The van der Waals surface area contributed by atoms with Crippen LogP contribution < -0.4 is 4.90 Å². The first-order valence-corrected chi connectivity index (χ1v) is 9.83. The number of carbonyl (C=O) groups excluding carboxylic acids is 2. The van der Waals surface area contributed by atoms with Crippen molar-refractivity contribution >= 4 is 57.1 Å². The lowest BCUT2D eigenvalue weighted by atomic mass is 9.95. The molecule has 5 nitrogen and oxygen atoms in total. The largest absolute Gasteiger partial charge is 0.507 e. The monoisotopic (exact) mass is 430 g/mol. The molecule has 8 heteroatoms. The summed E-state index contributed by atoms with van der Waals surface area (Å²) < 4.78 is 0. The van der Waals surface area contributed by atoms with Crippen LogP contribution in [-0.2, 0) is 9.59 Å². The number of aromatic nitrogens is 1. The first kappa shape index (κ1) is 18.7. The van der Waals surface area contributed by atoms with Crippen molar-refractivity contribution in [3.8, 4) is 0 Å². The summed E-state index contributed by atoms with van der Waals surface area (Å²) in [6.45, 7) is 0. The zero-order chi connectivity index (χ0) is 19.8. The molecule has 1 atom stereocenters. The third-order valence-electron chi connectivity index (χ3n) is 4.37. The Kier molecular flexibility index (Phi) is 4.93. The van der Waals surface area contributed by atoms with Crippen LogP contribution in [0.5, 0.6) is 0 Å². The van der Waals surface area contributed by atoms with Gasteiger partial charge in [-0.25, -0.2) is 4.98 Å². The molecular formula is C20H12Cl2N2O3S. The highest BCUT2D eigenvalue weighted by Crippen LogP contribution is 2.42. The highest BCUT2D eigenvalue weighted by Gasteiger charge is 2.47. The van der Waals surface area contributed by atoms with Crippen molar-refractivity contribution in [1.82, 2.24) is 4.98 Å². The standard InChI is InChI=1S/C20H12Cl2N2O3S/c21-13-5-1-11(2-6-13)16-15(17(25)12-3-7-14(22)8-4-12)18(26)19(27)24(16)20-23-9-10-28-20/h1-10,16,25H/b17-15+/t16-/m0/s1. The fraction of sp³-hybridized carbons (Fsp3) is 0.0500. The van der Waals surface area contributed by atoms with E-state index in [1.807, 2.05) is 0 Å².